The third-order valence-electron chi connectivity index (χ3n) is 4.57. The first kappa shape index (κ1) is 11.9. The molecular formula is C16H20N4. The van der Waals surface area contributed by atoms with E-state index in [1.54, 1.807) is 0 Å². The van der Waals surface area contributed by atoms with Crippen LogP contribution in [0, 0.1) is 0 Å². The fraction of sp³-hybridized carbons (Fsp3) is 0.500. The molecule has 1 aromatic carbocycles. The molecule has 1 aliphatic heterocycles. The van der Waals surface area contributed by atoms with Crippen molar-refractivity contribution in [2.45, 2.75) is 38.0 Å². The van der Waals surface area contributed by atoms with Crippen molar-refractivity contribution in [1.82, 2.24) is 14.8 Å². The molecule has 0 unspecified atom stereocenters. The average Bonchev–Trinajstić information content (AvgIpc) is 3.17. The van der Waals surface area contributed by atoms with Gasteiger partial charge in [-0.25, -0.2) is 9.67 Å². The number of fused-ring (bicyclic) bond motifs is 1. The molecule has 1 saturated carbocycles. The number of anilines is 1. The first-order chi connectivity index (χ1) is 9.81. The molecule has 20 heavy (non-hydrogen) atoms. The number of nitrogens with one attached hydrogen (secondary N) is 1. The zero-order valence-corrected chi connectivity index (χ0v) is 11.9. The molecule has 2 aliphatic rings. The van der Waals surface area contributed by atoms with Crippen LogP contribution in [0.25, 0.3) is 11.4 Å². The summed E-state index contributed by atoms with van der Waals surface area (Å²) >= 11 is 0. The number of nitrogens with zero attached hydrogens (tertiary/aromatic N) is 3. The predicted molar refractivity (Wildman–Crippen MR) is 79.8 cm³/mol. The van der Waals surface area contributed by atoms with E-state index < -0.39 is 0 Å². The summed E-state index contributed by atoms with van der Waals surface area (Å²) in [6.45, 7) is 1.05. The second-order valence-corrected chi connectivity index (χ2v) is 5.95. The molecular weight excluding hydrogens is 248 g/mol. The van der Waals surface area contributed by atoms with Gasteiger partial charge in [0, 0.05) is 30.8 Å². The second-order valence-electron chi connectivity index (χ2n) is 5.95. The summed E-state index contributed by atoms with van der Waals surface area (Å²) in [6, 6.07) is 6.58. The maximum Gasteiger partial charge on any atom is 0.158 e. The van der Waals surface area contributed by atoms with Crippen LogP contribution in [-0.4, -0.2) is 21.3 Å². The van der Waals surface area contributed by atoms with Gasteiger partial charge in [0.25, 0.3) is 0 Å². The fourth-order valence-electron chi connectivity index (χ4n) is 3.46. The number of aromatic nitrogens is 3. The van der Waals surface area contributed by atoms with E-state index in [9.17, 15) is 0 Å². The van der Waals surface area contributed by atoms with Crippen molar-refractivity contribution in [3.05, 3.63) is 29.6 Å². The molecule has 1 fully saturated rings. The molecule has 1 N–H and O–H groups in total. The number of benzene rings is 1. The van der Waals surface area contributed by atoms with Crippen molar-refractivity contribution in [2.75, 3.05) is 11.9 Å². The molecule has 4 heteroatoms. The van der Waals surface area contributed by atoms with Gasteiger partial charge in [-0.05, 0) is 43.0 Å². The standard InChI is InChI=1S/C16H20N4/c1-20-16(18-15(19-20)11-4-2-3-5-11)13-6-7-14-12(10-13)8-9-17-14/h6-7,10-11,17H,2-5,8-9H2,1H3. The molecule has 4 nitrogen and oxygen atoms in total. The van der Waals surface area contributed by atoms with E-state index in [0.717, 1.165) is 24.6 Å². The van der Waals surface area contributed by atoms with Crippen molar-refractivity contribution < 1.29 is 0 Å². The van der Waals surface area contributed by atoms with Gasteiger partial charge in [-0.15, -0.1) is 0 Å². The van der Waals surface area contributed by atoms with Gasteiger partial charge in [0.2, 0.25) is 0 Å². The molecule has 2 aromatic rings. The van der Waals surface area contributed by atoms with E-state index in [4.69, 9.17) is 4.98 Å². The van der Waals surface area contributed by atoms with Crippen molar-refractivity contribution in [3.63, 3.8) is 0 Å². The van der Waals surface area contributed by atoms with E-state index in [2.05, 4.69) is 28.6 Å². The lowest BCUT2D eigenvalue weighted by atomic mass is 10.1. The molecule has 0 amide bonds. The number of hydrogen-bond acceptors (Lipinski definition) is 3. The van der Waals surface area contributed by atoms with Gasteiger partial charge in [-0.3, -0.25) is 0 Å². The van der Waals surface area contributed by atoms with Crippen LogP contribution >= 0.6 is 0 Å². The maximum absolute atomic E-state index is 4.82. The zero-order chi connectivity index (χ0) is 13.5. The Kier molecular flexibility index (Phi) is 2.76. The first-order valence-corrected chi connectivity index (χ1v) is 7.59. The molecule has 4 rings (SSSR count). The van der Waals surface area contributed by atoms with Gasteiger partial charge in [-0.1, -0.05) is 12.8 Å². The second kappa shape index (κ2) is 4.62. The SMILES string of the molecule is Cn1nc(C2CCCC2)nc1-c1ccc2c(c1)CCN2. The summed E-state index contributed by atoms with van der Waals surface area (Å²) < 4.78 is 1.94. The molecule has 0 saturated heterocycles. The average molecular weight is 268 g/mol. The maximum atomic E-state index is 4.82. The molecule has 0 atom stereocenters. The molecule has 1 aliphatic carbocycles. The van der Waals surface area contributed by atoms with Crippen LogP contribution < -0.4 is 5.32 Å². The third kappa shape index (κ3) is 1.90. The van der Waals surface area contributed by atoms with Gasteiger partial charge < -0.3 is 5.32 Å². The molecule has 0 spiro atoms. The Bertz CT molecular complexity index is 638. The lowest BCUT2D eigenvalue weighted by Gasteiger charge is -2.03. The highest BCUT2D eigenvalue weighted by molar-refractivity contribution is 5.66. The van der Waals surface area contributed by atoms with Crippen molar-refractivity contribution >= 4 is 5.69 Å². The van der Waals surface area contributed by atoms with Crippen molar-refractivity contribution in [2.24, 2.45) is 7.05 Å². The Balaban J connectivity index is 1.71. The lowest BCUT2D eigenvalue weighted by molar-refractivity contribution is 0.648. The fourth-order valence-corrected chi connectivity index (χ4v) is 3.46. The minimum atomic E-state index is 0.575. The highest BCUT2D eigenvalue weighted by Crippen LogP contribution is 2.34. The van der Waals surface area contributed by atoms with Crippen LogP contribution in [0.2, 0.25) is 0 Å². The smallest absolute Gasteiger partial charge is 0.158 e. The number of aryl methyl sites for hydroxylation is 1. The van der Waals surface area contributed by atoms with Gasteiger partial charge in [0.15, 0.2) is 11.6 Å². The van der Waals surface area contributed by atoms with Crippen molar-refractivity contribution in [1.29, 1.82) is 0 Å². The summed E-state index contributed by atoms with van der Waals surface area (Å²) in [5.74, 6) is 2.62. The van der Waals surface area contributed by atoms with E-state index in [1.165, 1.54) is 42.5 Å². The Hall–Kier alpha value is -1.84. The molecule has 1 aromatic heterocycles. The van der Waals surface area contributed by atoms with E-state index in [-0.39, 0.29) is 0 Å². The minimum absolute atomic E-state index is 0.575. The summed E-state index contributed by atoms with van der Waals surface area (Å²) in [7, 11) is 2.01. The Morgan fingerprint density at radius 1 is 1.25 bits per heavy atom. The number of hydrogen-bond donors (Lipinski definition) is 1. The van der Waals surface area contributed by atoms with Gasteiger partial charge in [0.1, 0.15) is 0 Å². The quantitative estimate of drug-likeness (QED) is 0.910. The van der Waals surface area contributed by atoms with Crippen LogP contribution in [0.15, 0.2) is 18.2 Å². The number of rotatable bonds is 2. The van der Waals surface area contributed by atoms with E-state index >= 15 is 0 Å². The predicted octanol–water partition coefficient (Wildman–Crippen LogP) is 3.11. The Morgan fingerprint density at radius 2 is 2.10 bits per heavy atom. The van der Waals surface area contributed by atoms with Crippen LogP contribution in [0.4, 0.5) is 5.69 Å². The Morgan fingerprint density at radius 3 is 2.95 bits per heavy atom. The summed E-state index contributed by atoms with van der Waals surface area (Å²) in [5, 5.41) is 8.05. The van der Waals surface area contributed by atoms with Crippen LogP contribution in [0.5, 0.6) is 0 Å². The minimum Gasteiger partial charge on any atom is -0.384 e. The molecule has 104 valence electrons. The molecule has 0 bridgehead atoms. The van der Waals surface area contributed by atoms with Gasteiger partial charge in [-0.2, -0.15) is 5.10 Å². The van der Waals surface area contributed by atoms with Crippen LogP contribution in [0.3, 0.4) is 0 Å². The monoisotopic (exact) mass is 268 g/mol. The Labute approximate surface area is 119 Å². The van der Waals surface area contributed by atoms with Crippen LogP contribution in [0.1, 0.15) is 43.0 Å². The summed E-state index contributed by atoms with van der Waals surface area (Å²) in [5.41, 5.74) is 3.85. The van der Waals surface area contributed by atoms with E-state index in [1.807, 2.05) is 11.7 Å². The zero-order valence-electron chi connectivity index (χ0n) is 11.9. The summed E-state index contributed by atoms with van der Waals surface area (Å²) in [6.07, 6.45) is 6.25. The lowest BCUT2D eigenvalue weighted by Crippen LogP contribution is -1.97. The topological polar surface area (TPSA) is 42.7 Å². The van der Waals surface area contributed by atoms with E-state index in [0.29, 0.717) is 5.92 Å². The van der Waals surface area contributed by atoms with Crippen molar-refractivity contribution in [3.8, 4) is 11.4 Å². The van der Waals surface area contributed by atoms with Gasteiger partial charge in [0.05, 0.1) is 0 Å². The largest absolute Gasteiger partial charge is 0.384 e. The van der Waals surface area contributed by atoms with Gasteiger partial charge >= 0.3 is 0 Å². The summed E-state index contributed by atoms with van der Waals surface area (Å²) in [4.78, 5) is 4.82. The van der Waals surface area contributed by atoms with Crippen LogP contribution in [-0.2, 0) is 13.5 Å². The molecule has 0 radical (unpaired) electrons. The molecule has 2 heterocycles. The first-order valence-electron chi connectivity index (χ1n) is 7.59. The highest BCUT2D eigenvalue weighted by atomic mass is 15.3. The third-order valence-corrected chi connectivity index (χ3v) is 4.57. The normalized spacial score (nSPS) is 18.2. The highest BCUT2D eigenvalue weighted by Gasteiger charge is 2.23.